The Hall–Kier alpha value is -3.47. The molecule has 4 rings (SSSR count). The van der Waals surface area contributed by atoms with E-state index in [1.54, 1.807) is 6.20 Å². The van der Waals surface area contributed by atoms with Crippen molar-refractivity contribution in [2.75, 3.05) is 6.54 Å². The SMILES string of the molecule is O=C(NCCc1ccccn1)c1nc(-c2ccccc2)cc2[nH]ccc12. The van der Waals surface area contributed by atoms with E-state index in [4.69, 9.17) is 0 Å². The van der Waals surface area contributed by atoms with Crippen LogP contribution in [-0.4, -0.2) is 27.4 Å². The van der Waals surface area contributed by atoms with Crippen LogP contribution < -0.4 is 5.32 Å². The van der Waals surface area contributed by atoms with Crippen molar-refractivity contribution >= 4 is 16.8 Å². The molecule has 5 heteroatoms. The third-order valence-electron chi connectivity index (χ3n) is 4.22. The molecule has 1 aromatic carbocycles. The van der Waals surface area contributed by atoms with Crippen molar-refractivity contribution in [2.45, 2.75) is 6.42 Å². The molecule has 0 saturated carbocycles. The quantitative estimate of drug-likeness (QED) is 0.582. The maximum absolute atomic E-state index is 12.7. The van der Waals surface area contributed by atoms with E-state index in [1.807, 2.05) is 66.9 Å². The highest BCUT2D eigenvalue weighted by molar-refractivity contribution is 6.05. The molecule has 0 unspecified atom stereocenters. The maximum Gasteiger partial charge on any atom is 0.270 e. The standard InChI is InChI=1S/C21H18N4O/c26-21(24-12-9-16-8-4-5-11-22-16)20-17-10-13-23-19(17)14-18(25-20)15-6-2-1-3-7-15/h1-8,10-11,13-14,23H,9,12H2,(H,24,26). The van der Waals surface area contributed by atoms with Crippen molar-refractivity contribution in [2.24, 2.45) is 0 Å². The number of amides is 1. The van der Waals surface area contributed by atoms with Gasteiger partial charge in [-0.1, -0.05) is 36.4 Å². The molecular weight excluding hydrogens is 324 g/mol. The molecule has 3 aromatic heterocycles. The Balaban J connectivity index is 1.58. The molecule has 128 valence electrons. The van der Waals surface area contributed by atoms with Crippen LogP contribution in [0.5, 0.6) is 0 Å². The predicted octanol–water partition coefficient (Wildman–Crippen LogP) is 3.60. The van der Waals surface area contributed by atoms with Crippen molar-refractivity contribution in [1.29, 1.82) is 0 Å². The molecule has 1 amide bonds. The minimum Gasteiger partial charge on any atom is -0.361 e. The third kappa shape index (κ3) is 3.32. The molecule has 0 aliphatic heterocycles. The molecule has 3 heterocycles. The van der Waals surface area contributed by atoms with Gasteiger partial charge in [-0.3, -0.25) is 9.78 Å². The lowest BCUT2D eigenvalue weighted by Crippen LogP contribution is -2.27. The van der Waals surface area contributed by atoms with Crippen molar-refractivity contribution < 1.29 is 4.79 Å². The van der Waals surface area contributed by atoms with E-state index < -0.39 is 0 Å². The number of nitrogens with one attached hydrogen (secondary N) is 2. The number of fused-ring (bicyclic) bond motifs is 1. The molecule has 26 heavy (non-hydrogen) atoms. The Bertz CT molecular complexity index is 1030. The molecule has 2 N–H and O–H groups in total. The first-order chi connectivity index (χ1) is 12.8. The second-order valence-electron chi connectivity index (χ2n) is 5.99. The fourth-order valence-electron chi connectivity index (χ4n) is 2.92. The molecule has 0 atom stereocenters. The summed E-state index contributed by atoms with van der Waals surface area (Å²) >= 11 is 0. The summed E-state index contributed by atoms with van der Waals surface area (Å²) in [4.78, 5) is 24.8. The van der Waals surface area contributed by atoms with Crippen LogP contribution in [0.2, 0.25) is 0 Å². The lowest BCUT2D eigenvalue weighted by Gasteiger charge is -2.08. The van der Waals surface area contributed by atoms with Gasteiger partial charge in [-0.2, -0.15) is 0 Å². The van der Waals surface area contributed by atoms with E-state index in [-0.39, 0.29) is 5.91 Å². The minimum absolute atomic E-state index is 0.177. The zero-order chi connectivity index (χ0) is 17.8. The molecule has 0 aliphatic carbocycles. The lowest BCUT2D eigenvalue weighted by molar-refractivity contribution is 0.0951. The normalized spacial score (nSPS) is 10.8. The Morgan fingerprint density at radius 3 is 2.69 bits per heavy atom. The average Bonchev–Trinajstić information content (AvgIpc) is 3.17. The van der Waals surface area contributed by atoms with E-state index >= 15 is 0 Å². The highest BCUT2D eigenvalue weighted by atomic mass is 16.1. The van der Waals surface area contributed by atoms with Crippen LogP contribution in [0.1, 0.15) is 16.2 Å². The highest BCUT2D eigenvalue weighted by Crippen LogP contribution is 2.24. The van der Waals surface area contributed by atoms with Gasteiger partial charge in [-0.05, 0) is 24.3 Å². The fourth-order valence-corrected chi connectivity index (χ4v) is 2.92. The molecule has 5 nitrogen and oxygen atoms in total. The Labute approximate surface area is 151 Å². The third-order valence-corrected chi connectivity index (χ3v) is 4.22. The molecule has 4 aromatic rings. The summed E-state index contributed by atoms with van der Waals surface area (Å²) in [6.45, 7) is 0.513. The number of H-pyrrole nitrogens is 1. The van der Waals surface area contributed by atoms with Crippen molar-refractivity contribution in [1.82, 2.24) is 20.3 Å². The maximum atomic E-state index is 12.7. The summed E-state index contributed by atoms with van der Waals surface area (Å²) in [5.41, 5.74) is 4.03. The van der Waals surface area contributed by atoms with Crippen LogP contribution in [0.4, 0.5) is 0 Å². The number of nitrogens with zero attached hydrogens (tertiary/aromatic N) is 2. The number of aromatic amines is 1. The first kappa shape index (κ1) is 16.0. The average molecular weight is 342 g/mol. The van der Waals surface area contributed by atoms with Crippen LogP contribution >= 0.6 is 0 Å². The van der Waals surface area contributed by atoms with Gasteiger partial charge in [0.15, 0.2) is 0 Å². The van der Waals surface area contributed by atoms with Crippen molar-refractivity contribution in [3.05, 3.63) is 84.4 Å². The fraction of sp³-hybridized carbons (Fsp3) is 0.0952. The van der Waals surface area contributed by atoms with E-state index in [2.05, 4.69) is 20.3 Å². The summed E-state index contributed by atoms with van der Waals surface area (Å²) < 4.78 is 0. The number of hydrogen-bond donors (Lipinski definition) is 2. The number of benzene rings is 1. The summed E-state index contributed by atoms with van der Waals surface area (Å²) in [6, 6.07) is 19.5. The largest absolute Gasteiger partial charge is 0.361 e. The van der Waals surface area contributed by atoms with Gasteiger partial charge in [0.2, 0.25) is 0 Å². The van der Waals surface area contributed by atoms with Crippen LogP contribution in [0.3, 0.4) is 0 Å². The minimum atomic E-state index is -0.177. The molecule has 0 radical (unpaired) electrons. The van der Waals surface area contributed by atoms with Crippen LogP contribution in [-0.2, 0) is 6.42 Å². The molecule has 0 aliphatic rings. The predicted molar refractivity (Wildman–Crippen MR) is 102 cm³/mol. The number of hydrogen-bond acceptors (Lipinski definition) is 3. The highest BCUT2D eigenvalue weighted by Gasteiger charge is 2.15. The first-order valence-corrected chi connectivity index (χ1v) is 8.53. The van der Waals surface area contributed by atoms with E-state index in [0.29, 0.717) is 18.7 Å². The zero-order valence-corrected chi connectivity index (χ0v) is 14.1. The molecular formula is C21H18N4O. The topological polar surface area (TPSA) is 70.7 Å². The Morgan fingerprint density at radius 2 is 1.88 bits per heavy atom. The van der Waals surface area contributed by atoms with Crippen molar-refractivity contribution in [3.63, 3.8) is 0 Å². The van der Waals surface area contributed by atoms with Crippen molar-refractivity contribution in [3.8, 4) is 11.3 Å². The van der Waals surface area contributed by atoms with E-state index in [0.717, 1.165) is 27.9 Å². The van der Waals surface area contributed by atoms with Gasteiger partial charge in [-0.25, -0.2) is 4.98 Å². The molecule has 0 spiro atoms. The number of rotatable bonds is 5. The summed E-state index contributed by atoms with van der Waals surface area (Å²) in [6.07, 6.45) is 4.26. The smallest absolute Gasteiger partial charge is 0.270 e. The lowest BCUT2D eigenvalue weighted by atomic mass is 10.1. The number of aromatic nitrogens is 3. The van der Waals surface area contributed by atoms with Gasteiger partial charge in [0, 0.05) is 47.5 Å². The molecule has 0 saturated heterocycles. The van der Waals surface area contributed by atoms with E-state index in [1.165, 1.54) is 0 Å². The number of pyridine rings is 2. The van der Waals surface area contributed by atoms with Crippen LogP contribution in [0.15, 0.2) is 73.1 Å². The number of carbonyl (C=O) groups is 1. The second-order valence-corrected chi connectivity index (χ2v) is 5.99. The van der Waals surface area contributed by atoms with Gasteiger partial charge < -0.3 is 10.3 Å². The van der Waals surface area contributed by atoms with E-state index in [9.17, 15) is 4.79 Å². The van der Waals surface area contributed by atoms with Crippen LogP contribution in [0, 0.1) is 0 Å². The van der Waals surface area contributed by atoms with Gasteiger partial charge in [0.25, 0.3) is 5.91 Å². The number of carbonyl (C=O) groups excluding carboxylic acids is 1. The Kier molecular flexibility index (Phi) is 4.43. The van der Waals surface area contributed by atoms with Gasteiger partial charge in [-0.15, -0.1) is 0 Å². The summed E-state index contributed by atoms with van der Waals surface area (Å²) in [5.74, 6) is -0.177. The zero-order valence-electron chi connectivity index (χ0n) is 14.1. The molecule has 0 bridgehead atoms. The first-order valence-electron chi connectivity index (χ1n) is 8.53. The molecule has 0 fully saturated rings. The van der Waals surface area contributed by atoms with Gasteiger partial charge in [0.1, 0.15) is 5.69 Å². The van der Waals surface area contributed by atoms with Crippen LogP contribution in [0.25, 0.3) is 22.2 Å². The monoisotopic (exact) mass is 342 g/mol. The van der Waals surface area contributed by atoms with Gasteiger partial charge in [0.05, 0.1) is 5.69 Å². The second kappa shape index (κ2) is 7.19. The summed E-state index contributed by atoms with van der Waals surface area (Å²) in [7, 11) is 0. The van der Waals surface area contributed by atoms with Gasteiger partial charge >= 0.3 is 0 Å². The summed E-state index contributed by atoms with van der Waals surface area (Å²) in [5, 5.41) is 3.77. The Morgan fingerprint density at radius 1 is 1.04 bits per heavy atom.